The number of hydrogen-bond donors (Lipinski definition) is 2. The van der Waals surface area contributed by atoms with E-state index in [1.54, 1.807) is 12.1 Å². The predicted octanol–water partition coefficient (Wildman–Crippen LogP) is 4.26. The maximum atomic E-state index is 13.8. The zero-order chi connectivity index (χ0) is 17.2. The van der Waals surface area contributed by atoms with E-state index >= 15 is 0 Å². The van der Waals surface area contributed by atoms with E-state index in [1.807, 2.05) is 17.6 Å². The monoisotopic (exact) mass is 344 g/mol. The van der Waals surface area contributed by atoms with Crippen LogP contribution >= 0.6 is 11.3 Å². The molecular weight excluding hydrogens is 323 g/mol. The molecule has 0 aliphatic heterocycles. The molecule has 0 unspecified atom stereocenters. The van der Waals surface area contributed by atoms with Gasteiger partial charge in [0.05, 0.1) is 5.69 Å². The van der Waals surface area contributed by atoms with Crippen LogP contribution < -0.4 is 5.32 Å². The molecule has 126 valence electrons. The van der Waals surface area contributed by atoms with Crippen LogP contribution in [0, 0.1) is 5.82 Å². The molecule has 2 N–H and O–H groups in total. The summed E-state index contributed by atoms with van der Waals surface area (Å²) in [5.41, 5.74) is 2.29. The van der Waals surface area contributed by atoms with Crippen LogP contribution in [0.3, 0.4) is 0 Å². The van der Waals surface area contributed by atoms with Crippen molar-refractivity contribution >= 4 is 11.3 Å². The van der Waals surface area contributed by atoms with E-state index < -0.39 is 0 Å². The fraction of sp³-hybridized carbons (Fsp3) is 0.333. The standard InChI is InChI=1S/C18H21FN4S/c1-18(2,3)17-21-9-12(22-17)8-20-10-16-23-15(11-24-16)13-6-4-5-7-14(13)19/h4-7,9,11,20H,8,10H2,1-3H3,(H,21,22). The highest BCUT2D eigenvalue weighted by Crippen LogP contribution is 2.24. The molecule has 6 heteroatoms. The second-order valence-corrected chi connectivity index (χ2v) is 7.66. The zero-order valence-corrected chi connectivity index (χ0v) is 14.9. The molecule has 0 bridgehead atoms. The van der Waals surface area contributed by atoms with Gasteiger partial charge in [-0.05, 0) is 12.1 Å². The van der Waals surface area contributed by atoms with Gasteiger partial charge in [0, 0.05) is 41.3 Å². The number of aromatic nitrogens is 3. The molecular formula is C18H21FN4S. The summed E-state index contributed by atoms with van der Waals surface area (Å²) >= 11 is 1.53. The highest BCUT2D eigenvalue weighted by atomic mass is 32.1. The third kappa shape index (κ3) is 3.88. The number of nitrogens with zero attached hydrogens (tertiary/aromatic N) is 2. The average Bonchev–Trinajstić information content (AvgIpc) is 3.17. The molecule has 0 amide bonds. The lowest BCUT2D eigenvalue weighted by atomic mass is 9.96. The van der Waals surface area contributed by atoms with Crippen molar-refractivity contribution in [2.24, 2.45) is 0 Å². The van der Waals surface area contributed by atoms with Crippen LogP contribution in [-0.4, -0.2) is 15.0 Å². The first-order valence-corrected chi connectivity index (χ1v) is 8.76. The molecule has 4 nitrogen and oxygen atoms in total. The SMILES string of the molecule is CC(C)(C)c1ncc(CNCc2nc(-c3ccccc3F)cs2)[nH]1. The minimum atomic E-state index is -0.241. The minimum Gasteiger partial charge on any atom is -0.344 e. The maximum absolute atomic E-state index is 13.8. The molecule has 0 saturated heterocycles. The molecule has 1 aromatic carbocycles. The van der Waals surface area contributed by atoms with Crippen LogP contribution in [0.5, 0.6) is 0 Å². The van der Waals surface area contributed by atoms with Crippen LogP contribution in [0.15, 0.2) is 35.8 Å². The summed E-state index contributed by atoms with van der Waals surface area (Å²) in [5.74, 6) is 0.741. The number of imidazole rings is 1. The van der Waals surface area contributed by atoms with Gasteiger partial charge in [-0.2, -0.15) is 0 Å². The molecule has 0 saturated carbocycles. The lowest BCUT2D eigenvalue weighted by molar-refractivity contribution is 0.549. The third-order valence-corrected chi connectivity index (χ3v) is 4.48. The van der Waals surface area contributed by atoms with E-state index in [1.165, 1.54) is 17.4 Å². The summed E-state index contributed by atoms with van der Waals surface area (Å²) in [6.45, 7) is 7.72. The average molecular weight is 344 g/mol. The van der Waals surface area contributed by atoms with E-state index in [0.29, 0.717) is 24.3 Å². The first-order valence-electron chi connectivity index (χ1n) is 7.88. The van der Waals surface area contributed by atoms with E-state index in [4.69, 9.17) is 0 Å². The van der Waals surface area contributed by atoms with Crippen LogP contribution in [0.2, 0.25) is 0 Å². The molecule has 0 atom stereocenters. The zero-order valence-electron chi connectivity index (χ0n) is 14.1. The summed E-state index contributed by atoms with van der Waals surface area (Å²) < 4.78 is 13.8. The van der Waals surface area contributed by atoms with Crippen LogP contribution in [-0.2, 0) is 18.5 Å². The molecule has 3 aromatic rings. The number of thiazole rings is 1. The van der Waals surface area contributed by atoms with Crippen molar-refractivity contribution in [1.29, 1.82) is 0 Å². The second-order valence-electron chi connectivity index (χ2n) is 6.72. The fourth-order valence-corrected chi connectivity index (χ4v) is 3.08. The molecule has 2 heterocycles. The number of nitrogens with one attached hydrogen (secondary N) is 2. The first-order chi connectivity index (χ1) is 11.4. The lowest BCUT2D eigenvalue weighted by Gasteiger charge is -2.14. The van der Waals surface area contributed by atoms with E-state index in [9.17, 15) is 4.39 Å². The Balaban J connectivity index is 1.58. The van der Waals surface area contributed by atoms with Crippen molar-refractivity contribution in [3.05, 3.63) is 58.2 Å². The predicted molar refractivity (Wildman–Crippen MR) is 95.3 cm³/mol. The van der Waals surface area contributed by atoms with Crippen molar-refractivity contribution in [1.82, 2.24) is 20.3 Å². The summed E-state index contributed by atoms with van der Waals surface area (Å²) in [7, 11) is 0. The summed E-state index contributed by atoms with van der Waals surface area (Å²) in [6.07, 6.45) is 1.86. The number of rotatable bonds is 5. The Morgan fingerprint density at radius 1 is 1.21 bits per heavy atom. The Kier molecular flexibility index (Phi) is 4.78. The summed E-state index contributed by atoms with van der Waals surface area (Å²) in [5, 5.41) is 6.17. The largest absolute Gasteiger partial charge is 0.344 e. The van der Waals surface area contributed by atoms with Crippen LogP contribution in [0.4, 0.5) is 4.39 Å². The minimum absolute atomic E-state index is 0.0161. The quantitative estimate of drug-likeness (QED) is 0.727. The Morgan fingerprint density at radius 3 is 2.71 bits per heavy atom. The van der Waals surface area contributed by atoms with E-state index in [-0.39, 0.29) is 11.2 Å². The van der Waals surface area contributed by atoms with Crippen molar-refractivity contribution in [3.8, 4) is 11.3 Å². The smallest absolute Gasteiger partial charge is 0.132 e. The van der Waals surface area contributed by atoms with Crippen molar-refractivity contribution in [2.45, 2.75) is 39.3 Å². The molecule has 0 radical (unpaired) electrons. The Bertz CT molecular complexity index is 816. The molecule has 2 aromatic heterocycles. The lowest BCUT2D eigenvalue weighted by Crippen LogP contribution is -2.15. The second kappa shape index (κ2) is 6.83. The summed E-state index contributed by atoms with van der Waals surface area (Å²) in [6, 6.07) is 6.71. The summed E-state index contributed by atoms with van der Waals surface area (Å²) in [4.78, 5) is 12.3. The Morgan fingerprint density at radius 2 is 2.00 bits per heavy atom. The normalized spacial score (nSPS) is 11.8. The highest BCUT2D eigenvalue weighted by Gasteiger charge is 2.17. The van der Waals surface area contributed by atoms with Gasteiger partial charge in [-0.25, -0.2) is 14.4 Å². The third-order valence-electron chi connectivity index (χ3n) is 3.63. The fourth-order valence-electron chi connectivity index (χ4n) is 2.32. The topological polar surface area (TPSA) is 53.6 Å². The van der Waals surface area contributed by atoms with E-state index in [0.717, 1.165) is 16.5 Å². The van der Waals surface area contributed by atoms with Crippen LogP contribution in [0.25, 0.3) is 11.3 Å². The van der Waals surface area contributed by atoms with Crippen LogP contribution in [0.1, 0.15) is 37.3 Å². The Hall–Kier alpha value is -2.05. The number of H-pyrrole nitrogens is 1. The van der Waals surface area contributed by atoms with Gasteiger partial charge in [-0.15, -0.1) is 11.3 Å². The molecule has 3 rings (SSSR count). The van der Waals surface area contributed by atoms with Gasteiger partial charge < -0.3 is 10.3 Å². The molecule has 0 aliphatic carbocycles. The van der Waals surface area contributed by atoms with Crippen molar-refractivity contribution in [3.63, 3.8) is 0 Å². The highest BCUT2D eigenvalue weighted by molar-refractivity contribution is 7.09. The van der Waals surface area contributed by atoms with Gasteiger partial charge in [0.25, 0.3) is 0 Å². The molecule has 0 aliphatic rings. The number of aromatic amines is 1. The molecule has 0 spiro atoms. The number of hydrogen-bond acceptors (Lipinski definition) is 4. The Labute approximate surface area is 145 Å². The van der Waals surface area contributed by atoms with Gasteiger partial charge in [0.1, 0.15) is 16.6 Å². The maximum Gasteiger partial charge on any atom is 0.132 e. The van der Waals surface area contributed by atoms with E-state index in [2.05, 4.69) is 41.0 Å². The molecule has 0 fully saturated rings. The van der Waals surface area contributed by atoms with Gasteiger partial charge in [-0.1, -0.05) is 32.9 Å². The first kappa shape index (κ1) is 16.8. The molecule has 24 heavy (non-hydrogen) atoms. The van der Waals surface area contributed by atoms with Gasteiger partial charge >= 0.3 is 0 Å². The van der Waals surface area contributed by atoms with Crippen molar-refractivity contribution in [2.75, 3.05) is 0 Å². The number of benzene rings is 1. The number of halogens is 1. The van der Waals surface area contributed by atoms with Gasteiger partial charge in [0.2, 0.25) is 0 Å². The van der Waals surface area contributed by atoms with Gasteiger partial charge in [0.15, 0.2) is 0 Å². The van der Waals surface area contributed by atoms with Crippen molar-refractivity contribution < 1.29 is 4.39 Å². The van der Waals surface area contributed by atoms with Gasteiger partial charge in [-0.3, -0.25) is 0 Å².